The molecule has 26 heavy (non-hydrogen) atoms. The molecule has 3 rings (SSSR count). The zero-order valence-electron chi connectivity index (χ0n) is 15.5. The van der Waals surface area contributed by atoms with Crippen molar-refractivity contribution in [3.63, 3.8) is 0 Å². The molecule has 0 atom stereocenters. The highest BCUT2D eigenvalue weighted by atomic mass is 35.5. The van der Waals surface area contributed by atoms with Crippen molar-refractivity contribution in [2.75, 3.05) is 14.1 Å². The number of carbonyl (C=O) groups is 1. The van der Waals surface area contributed by atoms with Gasteiger partial charge in [-0.2, -0.15) is 0 Å². The number of rotatable bonds is 5. The first kappa shape index (κ1) is 18.9. The average Bonchev–Trinajstić information content (AvgIpc) is 2.68. The van der Waals surface area contributed by atoms with Gasteiger partial charge in [0.2, 0.25) is 0 Å². The van der Waals surface area contributed by atoms with Crippen LogP contribution in [0.15, 0.2) is 48.5 Å². The Kier molecular flexibility index (Phi) is 6.33. The van der Waals surface area contributed by atoms with Crippen LogP contribution in [0.25, 0.3) is 0 Å². The molecule has 4 heteroatoms. The first-order valence-electron chi connectivity index (χ1n) is 9.34. The summed E-state index contributed by atoms with van der Waals surface area (Å²) in [5.74, 6) is 0.690. The lowest BCUT2D eigenvalue weighted by atomic mass is 9.81. The molecule has 0 aliphatic heterocycles. The van der Waals surface area contributed by atoms with Gasteiger partial charge < -0.3 is 10.2 Å². The van der Waals surface area contributed by atoms with Crippen LogP contribution in [0.1, 0.15) is 53.1 Å². The minimum absolute atomic E-state index is 0.0848. The fraction of sp³-hybridized carbons (Fsp3) is 0.409. The standard InChI is InChI=1S/C22H27ClN2O/c1-24-15-16-3-5-17(6-4-16)18-9-13-21(14-10-18)25(2)22(26)19-7-11-20(23)12-8-19/h3-8,11-12,18,21,24H,9-10,13-15H2,1-2H3/t18-,21+. The van der Waals surface area contributed by atoms with E-state index in [9.17, 15) is 4.79 Å². The molecule has 0 spiro atoms. The Morgan fingerprint density at radius 3 is 2.23 bits per heavy atom. The fourth-order valence-electron chi connectivity index (χ4n) is 3.87. The summed E-state index contributed by atoms with van der Waals surface area (Å²) in [5, 5.41) is 3.84. The molecule has 1 saturated carbocycles. The molecular weight excluding hydrogens is 344 g/mol. The second-order valence-corrected chi connectivity index (χ2v) is 7.64. The quantitative estimate of drug-likeness (QED) is 0.815. The molecule has 1 amide bonds. The van der Waals surface area contributed by atoms with E-state index < -0.39 is 0 Å². The summed E-state index contributed by atoms with van der Waals surface area (Å²) in [6, 6.07) is 16.4. The maximum Gasteiger partial charge on any atom is 0.253 e. The average molecular weight is 371 g/mol. The molecule has 138 valence electrons. The van der Waals surface area contributed by atoms with Gasteiger partial charge in [-0.15, -0.1) is 0 Å². The molecule has 0 radical (unpaired) electrons. The van der Waals surface area contributed by atoms with Gasteiger partial charge in [0.1, 0.15) is 0 Å². The summed E-state index contributed by atoms with van der Waals surface area (Å²) in [5.41, 5.74) is 3.45. The topological polar surface area (TPSA) is 32.3 Å². The van der Waals surface area contributed by atoms with Crippen LogP contribution in [0.2, 0.25) is 5.02 Å². The van der Waals surface area contributed by atoms with Gasteiger partial charge in [0, 0.05) is 30.2 Å². The van der Waals surface area contributed by atoms with Gasteiger partial charge in [0.15, 0.2) is 0 Å². The number of nitrogens with one attached hydrogen (secondary N) is 1. The van der Waals surface area contributed by atoms with Crippen molar-refractivity contribution in [1.29, 1.82) is 0 Å². The fourth-order valence-corrected chi connectivity index (χ4v) is 4.00. The van der Waals surface area contributed by atoms with Crippen LogP contribution in [0.5, 0.6) is 0 Å². The van der Waals surface area contributed by atoms with E-state index in [1.54, 1.807) is 24.3 Å². The number of hydrogen-bond donors (Lipinski definition) is 1. The van der Waals surface area contributed by atoms with Gasteiger partial charge in [-0.1, -0.05) is 35.9 Å². The normalized spacial score (nSPS) is 20.0. The van der Waals surface area contributed by atoms with Crippen LogP contribution in [0, 0.1) is 0 Å². The van der Waals surface area contributed by atoms with Crippen molar-refractivity contribution in [2.24, 2.45) is 0 Å². The van der Waals surface area contributed by atoms with Crippen molar-refractivity contribution in [3.8, 4) is 0 Å². The van der Waals surface area contributed by atoms with Gasteiger partial charge in [0.25, 0.3) is 5.91 Å². The Morgan fingerprint density at radius 1 is 1.04 bits per heavy atom. The Hall–Kier alpha value is -1.84. The van der Waals surface area contributed by atoms with Crippen LogP contribution in [-0.4, -0.2) is 30.9 Å². The highest BCUT2D eigenvalue weighted by Gasteiger charge is 2.27. The molecular formula is C22H27ClN2O. The monoisotopic (exact) mass is 370 g/mol. The zero-order chi connectivity index (χ0) is 18.5. The summed E-state index contributed by atoms with van der Waals surface area (Å²) >= 11 is 5.92. The summed E-state index contributed by atoms with van der Waals surface area (Å²) in [6.45, 7) is 0.907. The predicted molar refractivity (Wildman–Crippen MR) is 108 cm³/mol. The van der Waals surface area contributed by atoms with Gasteiger partial charge in [0.05, 0.1) is 0 Å². The lowest BCUT2D eigenvalue weighted by molar-refractivity contribution is 0.0689. The number of hydrogen-bond acceptors (Lipinski definition) is 2. The van der Waals surface area contributed by atoms with Crippen molar-refractivity contribution in [2.45, 2.75) is 44.2 Å². The highest BCUT2D eigenvalue weighted by Crippen LogP contribution is 2.35. The number of nitrogens with zero attached hydrogens (tertiary/aromatic N) is 1. The summed E-state index contributed by atoms with van der Waals surface area (Å²) in [7, 11) is 3.89. The maximum absolute atomic E-state index is 12.7. The lowest BCUT2D eigenvalue weighted by Gasteiger charge is -2.35. The minimum Gasteiger partial charge on any atom is -0.339 e. The van der Waals surface area contributed by atoms with Crippen LogP contribution in [0.3, 0.4) is 0 Å². The molecule has 3 nitrogen and oxygen atoms in total. The van der Waals surface area contributed by atoms with Gasteiger partial charge in [-0.25, -0.2) is 0 Å². The first-order valence-corrected chi connectivity index (χ1v) is 9.72. The van der Waals surface area contributed by atoms with E-state index in [4.69, 9.17) is 11.6 Å². The molecule has 1 aliphatic rings. The Morgan fingerprint density at radius 2 is 1.65 bits per heavy atom. The van der Waals surface area contributed by atoms with Crippen LogP contribution in [-0.2, 0) is 6.54 Å². The zero-order valence-corrected chi connectivity index (χ0v) is 16.3. The van der Waals surface area contributed by atoms with E-state index >= 15 is 0 Å². The molecule has 2 aromatic carbocycles. The minimum atomic E-state index is 0.0848. The smallest absolute Gasteiger partial charge is 0.253 e. The van der Waals surface area contributed by atoms with Crippen molar-refractivity contribution in [1.82, 2.24) is 10.2 Å². The second-order valence-electron chi connectivity index (χ2n) is 7.20. The van der Waals surface area contributed by atoms with Crippen molar-refractivity contribution >= 4 is 17.5 Å². The largest absolute Gasteiger partial charge is 0.339 e. The molecule has 0 aromatic heterocycles. The Bertz CT molecular complexity index is 719. The molecule has 2 aromatic rings. The Labute approximate surface area is 161 Å². The second kappa shape index (κ2) is 8.70. The molecule has 1 N–H and O–H groups in total. The number of carbonyl (C=O) groups excluding carboxylic acids is 1. The van der Waals surface area contributed by atoms with Crippen LogP contribution >= 0.6 is 11.6 Å². The van der Waals surface area contributed by atoms with E-state index in [1.807, 2.05) is 19.0 Å². The third-order valence-electron chi connectivity index (χ3n) is 5.49. The lowest BCUT2D eigenvalue weighted by Crippen LogP contribution is -2.39. The Balaban J connectivity index is 1.57. The first-order chi connectivity index (χ1) is 12.6. The molecule has 1 fully saturated rings. The summed E-state index contributed by atoms with van der Waals surface area (Å²) < 4.78 is 0. The predicted octanol–water partition coefficient (Wildman–Crippen LogP) is 4.86. The maximum atomic E-state index is 12.7. The highest BCUT2D eigenvalue weighted by molar-refractivity contribution is 6.30. The number of benzene rings is 2. The van der Waals surface area contributed by atoms with E-state index in [0.29, 0.717) is 22.5 Å². The SMILES string of the molecule is CNCc1ccc([C@H]2CC[C@@H](N(C)C(=O)c3ccc(Cl)cc3)CC2)cc1. The van der Waals surface area contributed by atoms with Crippen LogP contribution < -0.4 is 5.32 Å². The van der Waals surface area contributed by atoms with E-state index in [-0.39, 0.29) is 5.91 Å². The summed E-state index contributed by atoms with van der Waals surface area (Å²) in [4.78, 5) is 14.6. The van der Waals surface area contributed by atoms with Crippen LogP contribution in [0.4, 0.5) is 0 Å². The molecule has 1 aliphatic carbocycles. The van der Waals surface area contributed by atoms with Gasteiger partial charge >= 0.3 is 0 Å². The molecule has 0 unspecified atom stereocenters. The van der Waals surface area contributed by atoms with E-state index in [2.05, 4.69) is 29.6 Å². The van der Waals surface area contributed by atoms with Gasteiger partial charge in [-0.05, 0) is 74.0 Å². The number of amides is 1. The van der Waals surface area contributed by atoms with Crippen molar-refractivity contribution in [3.05, 3.63) is 70.2 Å². The third-order valence-corrected chi connectivity index (χ3v) is 5.74. The van der Waals surface area contributed by atoms with E-state index in [1.165, 1.54) is 11.1 Å². The van der Waals surface area contributed by atoms with E-state index in [0.717, 1.165) is 32.2 Å². The van der Waals surface area contributed by atoms with Crippen molar-refractivity contribution < 1.29 is 4.79 Å². The molecule has 0 bridgehead atoms. The number of halogens is 1. The molecule has 0 saturated heterocycles. The third kappa shape index (κ3) is 4.46. The molecule has 0 heterocycles. The van der Waals surface area contributed by atoms with Gasteiger partial charge in [-0.3, -0.25) is 4.79 Å². The summed E-state index contributed by atoms with van der Waals surface area (Å²) in [6.07, 6.45) is 4.38.